The lowest BCUT2D eigenvalue weighted by Gasteiger charge is -2.12. The highest BCUT2D eigenvalue weighted by atomic mass is 16.5. The molecule has 2 rings (SSSR count). The summed E-state index contributed by atoms with van der Waals surface area (Å²) >= 11 is 0. The quantitative estimate of drug-likeness (QED) is 0.811. The van der Waals surface area contributed by atoms with Gasteiger partial charge >= 0.3 is 0 Å². The molecule has 0 amide bonds. The molecule has 0 radical (unpaired) electrons. The van der Waals surface area contributed by atoms with Gasteiger partial charge < -0.3 is 10.1 Å². The minimum atomic E-state index is 0.502. The second kappa shape index (κ2) is 7.84. The normalized spacial score (nSPS) is 12.3. The summed E-state index contributed by atoms with van der Waals surface area (Å²) in [6.07, 6.45) is 4.92. The van der Waals surface area contributed by atoms with E-state index in [2.05, 4.69) is 43.3 Å². The van der Waals surface area contributed by atoms with Gasteiger partial charge in [0.05, 0.1) is 6.20 Å². The number of nitrogens with zero attached hydrogens (tertiary/aromatic N) is 2. The minimum Gasteiger partial charge on any atom is -0.489 e. The van der Waals surface area contributed by atoms with Crippen molar-refractivity contribution in [3.8, 4) is 5.75 Å². The van der Waals surface area contributed by atoms with Crippen LogP contribution in [0, 0.1) is 0 Å². The molecule has 4 heteroatoms. The number of hydrogen-bond donors (Lipinski definition) is 1. The van der Waals surface area contributed by atoms with Crippen LogP contribution in [0.5, 0.6) is 5.75 Å². The van der Waals surface area contributed by atoms with Crippen LogP contribution in [0.4, 0.5) is 0 Å². The Bertz CT molecular complexity index is 533. The number of hydrogen-bond acceptors (Lipinski definition) is 3. The van der Waals surface area contributed by atoms with Gasteiger partial charge in [-0.25, -0.2) is 0 Å². The van der Waals surface area contributed by atoms with Crippen molar-refractivity contribution in [2.75, 3.05) is 6.54 Å². The van der Waals surface area contributed by atoms with Crippen molar-refractivity contribution in [2.24, 2.45) is 0 Å². The number of benzene rings is 1. The Morgan fingerprint density at radius 2 is 1.95 bits per heavy atom. The fourth-order valence-corrected chi connectivity index (χ4v) is 2.32. The first-order chi connectivity index (χ1) is 10.2. The summed E-state index contributed by atoms with van der Waals surface area (Å²) in [5.74, 6) is 0.902. The Labute approximate surface area is 127 Å². The van der Waals surface area contributed by atoms with Crippen LogP contribution in [0.2, 0.25) is 0 Å². The molecule has 0 aliphatic carbocycles. The number of likely N-dealkylation sites (N-methyl/N-ethyl adjacent to an activating group) is 1. The topological polar surface area (TPSA) is 39.1 Å². The monoisotopic (exact) mass is 287 g/mol. The van der Waals surface area contributed by atoms with E-state index in [1.165, 1.54) is 5.56 Å². The molecular formula is C17H25N3O. The summed E-state index contributed by atoms with van der Waals surface area (Å²) in [7, 11) is 0. The first-order valence-corrected chi connectivity index (χ1v) is 7.67. The third-order valence-corrected chi connectivity index (χ3v) is 3.43. The van der Waals surface area contributed by atoms with Gasteiger partial charge in [0.15, 0.2) is 0 Å². The molecule has 0 aliphatic heterocycles. The van der Waals surface area contributed by atoms with Crippen LogP contribution >= 0.6 is 0 Å². The van der Waals surface area contributed by atoms with Gasteiger partial charge in [0, 0.05) is 24.3 Å². The summed E-state index contributed by atoms with van der Waals surface area (Å²) in [6.45, 7) is 8.87. The first kappa shape index (κ1) is 15.6. The zero-order chi connectivity index (χ0) is 15.1. The van der Waals surface area contributed by atoms with E-state index < -0.39 is 0 Å². The van der Waals surface area contributed by atoms with Crippen LogP contribution in [0.3, 0.4) is 0 Å². The van der Waals surface area contributed by atoms with E-state index in [0.717, 1.165) is 30.8 Å². The average molecular weight is 287 g/mol. The number of nitrogens with one attached hydrogen (secondary N) is 1. The average Bonchev–Trinajstić information content (AvgIpc) is 2.95. The number of rotatable bonds is 8. The van der Waals surface area contributed by atoms with Crippen molar-refractivity contribution in [1.29, 1.82) is 0 Å². The lowest BCUT2D eigenvalue weighted by molar-refractivity contribution is 0.306. The second-order valence-corrected chi connectivity index (χ2v) is 5.30. The molecule has 1 heterocycles. The molecule has 1 aromatic carbocycles. The summed E-state index contributed by atoms with van der Waals surface area (Å²) in [5, 5.41) is 7.66. The van der Waals surface area contributed by atoms with Gasteiger partial charge in [0.1, 0.15) is 12.4 Å². The van der Waals surface area contributed by atoms with Crippen LogP contribution in [0.15, 0.2) is 36.7 Å². The molecule has 1 atom stereocenters. The maximum atomic E-state index is 5.79. The van der Waals surface area contributed by atoms with Gasteiger partial charge in [-0.05, 0) is 44.5 Å². The van der Waals surface area contributed by atoms with Crippen molar-refractivity contribution >= 4 is 0 Å². The lowest BCUT2D eigenvalue weighted by atomic mass is 10.1. The van der Waals surface area contributed by atoms with Gasteiger partial charge in [0.2, 0.25) is 0 Å². The SMILES string of the molecule is CCNC(C)Cc1ccc(OCc2cnn(CC)c2)cc1. The van der Waals surface area contributed by atoms with Gasteiger partial charge in [0.25, 0.3) is 0 Å². The summed E-state index contributed by atoms with van der Waals surface area (Å²) < 4.78 is 7.70. The second-order valence-electron chi connectivity index (χ2n) is 5.30. The molecule has 0 saturated heterocycles. The van der Waals surface area contributed by atoms with Crippen molar-refractivity contribution in [2.45, 2.75) is 46.4 Å². The zero-order valence-corrected chi connectivity index (χ0v) is 13.2. The summed E-state index contributed by atoms with van der Waals surface area (Å²) in [6, 6.07) is 8.86. The van der Waals surface area contributed by atoms with E-state index in [-0.39, 0.29) is 0 Å². The fourth-order valence-electron chi connectivity index (χ4n) is 2.32. The Balaban J connectivity index is 1.84. The van der Waals surface area contributed by atoms with Crippen molar-refractivity contribution in [3.05, 3.63) is 47.8 Å². The number of aryl methyl sites for hydroxylation is 1. The molecule has 0 saturated carbocycles. The molecule has 1 aromatic heterocycles. The fraction of sp³-hybridized carbons (Fsp3) is 0.471. The van der Waals surface area contributed by atoms with Gasteiger partial charge in [-0.15, -0.1) is 0 Å². The largest absolute Gasteiger partial charge is 0.489 e. The van der Waals surface area contributed by atoms with Crippen molar-refractivity contribution in [1.82, 2.24) is 15.1 Å². The number of ether oxygens (including phenoxy) is 1. The molecule has 0 aliphatic rings. The molecular weight excluding hydrogens is 262 g/mol. The Morgan fingerprint density at radius 3 is 2.57 bits per heavy atom. The molecule has 1 N–H and O–H groups in total. The van der Waals surface area contributed by atoms with E-state index in [9.17, 15) is 0 Å². The minimum absolute atomic E-state index is 0.502. The smallest absolute Gasteiger partial charge is 0.119 e. The third kappa shape index (κ3) is 4.90. The highest BCUT2D eigenvalue weighted by Crippen LogP contribution is 2.15. The van der Waals surface area contributed by atoms with E-state index in [0.29, 0.717) is 12.6 Å². The predicted octanol–water partition coefficient (Wildman–Crippen LogP) is 3.02. The standard InChI is InChI=1S/C17H25N3O/c1-4-18-14(3)10-15-6-8-17(9-7-15)21-13-16-11-19-20(5-2)12-16/h6-9,11-12,14,18H,4-5,10,13H2,1-3H3. The van der Waals surface area contributed by atoms with E-state index in [1.54, 1.807) is 0 Å². The van der Waals surface area contributed by atoms with E-state index in [1.807, 2.05) is 29.2 Å². The highest BCUT2D eigenvalue weighted by molar-refractivity contribution is 5.28. The third-order valence-electron chi connectivity index (χ3n) is 3.43. The molecule has 1 unspecified atom stereocenters. The van der Waals surface area contributed by atoms with E-state index >= 15 is 0 Å². The molecule has 2 aromatic rings. The maximum Gasteiger partial charge on any atom is 0.119 e. The molecule has 0 fully saturated rings. The Kier molecular flexibility index (Phi) is 5.81. The first-order valence-electron chi connectivity index (χ1n) is 7.67. The molecule has 4 nitrogen and oxygen atoms in total. The molecule has 0 bridgehead atoms. The van der Waals surface area contributed by atoms with Crippen molar-refractivity contribution in [3.63, 3.8) is 0 Å². The molecule has 0 spiro atoms. The van der Waals surface area contributed by atoms with Gasteiger partial charge in [-0.2, -0.15) is 5.10 Å². The van der Waals surface area contributed by atoms with E-state index in [4.69, 9.17) is 4.74 Å². The lowest BCUT2D eigenvalue weighted by Crippen LogP contribution is -2.27. The van der Waals surface area contributed by atoms with Crippen LogP contribution in [0.1, 0.15) is 31.9 Å². The molecule has 114 valence electrons. The summed E-state index contributed by atoms with van der Waals surface area (Å²) in [5.41, 5.74) is 2.43. The van der Waals surface area contributed by atoms with Crippen molar-refractivity contribution < 1.29 is 4.74 Å². The van der Waals surface area contributed by atoms with Crippen LogP contribution in [-0.2, 0) is 19.6 Å². The Hall–Kier alpha value is -1.81. The van der Waals surface area contributed by atoms with Crippen LogP contribution in [0.25, 0.3) is 0 Å². The summed E-state index contributed by atoms with van der Waals surface area (Å²) in [4.78, 5) is 0. The maximum absolute atomic E-state index is 5.79. The highest BCUT2D eigenvalue weighted by Gasteiger charge is 2.03. The van der Waals surface area contributed by atoms with Crippen LogP contribution in [-0.4, -0.2) is 22.4 Å². The molecule has 21 heavy (non-hydrogen) atoms. The zero-order valence-electron chi connectivity index (χ0n) is 13.2. The Morgan fingerprint density at radius 1 is 1.19 bits per heavy atom. The number of aromatic nitrogens is 2. The van der Waals surface area contributed by atoms with Crippen LogP contribution < -0.4 is 10.1 Å². The van der Waals surface area contributed by atoms with Gasteiger partial charge in [-0.3, -0.25) is 4.68 Å². The predicted molar refractivity (Wildman–Crippen MR) is 85.5 cm³/mol. The van der Waals surface area contributed by atoms with Gasteiger partial charge in [-0.1, -0.05) is 19.1 Å².